The minimum absolute atomic E-state index is 0.00985. The Morgan fingerprint density at radius 1 is 1.37 bits per heavy atom. The van der Waals surface area contributed by atoms with Crippen molar-refractivity contribution in [3.8, 4) is 0 Å². The van der Waals surface area contributed by atoms with Crippen LogP contribution < -0.4 is 5.32 Å². The van der Waals surface area contributed by atoms with Crippen molar-refractivity contribution >= 4 is 11.8 Å². The molecule has 1 N–H and O–H groups in total. The Bertz CT molecular complexity index is 372. The van der Waals surface area contributed by atoms with Crippen LogP contribution in [-0.2, 0) is 9.59 Å². The van der Waals surface area contributed by atoms with Crippen LogP contribution in [0.15, 0.2) is 0 Å². The molecule has 2 aliphatic heterocycles. The molecule has 0 aromatic heterocycles. The standard InChI is InChI=1S/C14H25N3O2/c1-4-14(2)13(19)17(9-7-12(18)15-14)11-6-5-8-16(3)10-11/h11H,4-10H2,1-3H3,(H,15,18). The predicted molar refractivity (Wildman–Crippen MR) is 73.7 cm³/mol. The first kappa shape index (κ1) is 14.3. The van der Waals surface area contributed by atoms with Crippen LogP contribution in [0.5, 0.6) is 0 Å². The molecule has 108 valence electrons. The van der Waals surface area contributed by atoms with E-state index in [1.165, 1.54) is 0 Å². The van der Waals surface area contributed by atoms with Crippen molar-refractivity contribution in [2.45, 2.75) is 51.1 Å². The lowest BCUT2D eigenvalue weighted by Gasteiger charge is -2.40. The number of nitrogens with zero attached hydrogens (tertiary/aromatic N) is 2. The van der Waals surface area contributed by atoms with Gasteiger partial charge in [-0.2, -0.15) is 0 Å². The zero-order valence-corrected chi connectivity index (χ0v) is 12.2. The van der Waals surface area contributed by atoms with E-state index >= 15 is 0 Å². The summed E-state index contributed by atoms with van der Waals surface area (Å²) < 4.78 is 0. The summed E-state index contributed by atoms with van der Waals surface area (Å²) in [5.74, 6) is 0.0746. The zero-order chi connectivity index (χ0) is 14.0. The molecule has 0 aromatic carbocycles. The summed E-state index contributed by atoms with van der Waals surface area (Å²) in [6, 6.07) is 0.254. The van der Waals surface area contributed by atoms with E-state index < -0.39 is 5.54 Å². The molecule has 2 aliphatic rings. The van der Waals surface area contributed by atoms with Crippen LogP contribution >= 0.6 is 0 Å². The van der Waals surface area contributed by atoms with Gasteiger partial charge in [-0.3, -0.25) is 9.59 Å². The van der Waals surface area contributed by atoms with Crippen molar-refractivity contribution in [3.05, 3.63) is 0 Å². The normalized spacial score (nSPS) is 34.1. The Balaban J connectivity index is 2.18. The summed E-state index contributed by atoms with van der Waals surface area (Å²) in [7, 11) is 2.09. The largest absolute Gasteiger partial charge is 0.342 e. The number of likely N-dealkylation sites (N-methyl/N-ethyl adjacent to an activating group) is 1. The minimum atomic E-state index is -0.733. The third-order valence-corrected chi connectivity index (χ3v) is 4.48. The monoisotopic (exact) mass is 267 g/mol. The van der Waals surface area contributed by atoms with Gasteiger partial charge in [-0.25, -0.2) is 0 Å². The number of amides is 2. The van der Waals surface area contributed by atoms with Crippen molar-refractivity contribution in [3.63, 3.8) is 0 Å². The van der Waals surface area contributed by atoms with Gasteiger partial charge in [-0.1, -0.05) is 6.92 Å². The fraction of sp³-hybridized carbons (Fsp3) is 0.857. The zero-order valence-electron chi connectivity index (χ0n) is 12.2. The van der Waals surface area contributed by atoms with E-state index in [-0.39, 0.29) is 17.9 Å². The summed E-state index contributed by atoms with van der Waals surface area (Å²) in [4.78, 5) is 28.7. The number of hydrogen-bond donors (Lipinski definition) is 1. The van der Waals surface area contributed by atoms with Crippen LogP contribution in [0.4, 0.5) is 0 Å². The molecular formula is C14H25N3O2. The van der Waals surface area contributed by atoms with Gasteiger partial charge in [0.2, 0.25) is 11.8 Å². The number of piperidine rings is 1. The van der Waals surface area contributed by atoms with E-state index in [2.05, 4.69) is 17.3 Å². The molecule has 2 saturated heterocycles. The molecule has 19 heavy (non-hydrogen) atoms. The van der Waals surface area contributed by atoms with E-state index in [9.17, 15) is 9.59 Å². The van der Waals surface area contributed by atoms with E-state index in [0.29, 0.717) is 19.4 Å². The Morgan fingerprint density at radius 2 is 2.11 bits per heavy atom. The van der Waals surface area contributed by atoms with Gasteiger partial charge in [0.25, 0.3) is 0 Å². The topological polar surface area (TPSA) is 52.7 Å². The lowest BCUT2D eigenvalue weighted by Crippen LogP contribution is -2.58. The molecule has 2 amide bonds. The predicted octanol–water partition coefficient (Wildman–Crippen LogP) is 0.598. The lowest BCUT2D eigenvalue weighted by atomic mass is 9.95. The van der Waals surface area contributed by atoms with Crippen molar-refractivity contribution in [1.29, 1.82) is 0 Å². The molecule has 0 saturated carbocycles. The maximum absolute atomic E-state index is 12.7. The number of nitrogens with one attached hydrogen (secondary N) is 1. The Hall–Kier alpha value is -1.10. The molecule has 0 aromatic rings. The molecule has 2 heterocycles. The second-order valence-electron chi connectivity index (χ2n) is 6.04. The summed E-state index contributed by atoms with van der Waals surface area (Å²) in [6.07, 6.45) is 3.22. The van der Waals surface area contributed by atoms with Gasteiger partial charge >= 0.3 is 0 Å². The first-order chi connectivity index (χ1) is 8.96. The lowest BCUT2D eigenvalue weighted by molar-refractivity contribution is -0.141. The van der Waals surface area contributed by atoms with Crippen molar-refractivity contribution in [1.82, 2.24) is 15.1 Å². The van der Waals surface area contributed by atoms with Crippen LogP contribution in [-0.4, -0.2) is 59.9 Å². The molecule has 2 fully saturated rings. The molecular weight excluding hydrogens is 242 g/mol. The first-order valence-corrected chi connectivity index (χ1v) is 7.27. The van der Waals surface area contributed by atoms with Crippen LogP contribution in [0.2, 0.25) is 0 Å². The molecule has 2 atom stereocenters. The molecule has 0 radical (unpaired) electrons. The van der Waals surface area contributed by atoms with Crippen molar-refractivity contribution < 1.29 is 9.59 Å². The van der Waals surface area contributed by atoms with Crippen LogP contribution in [0, 0.1) is 0 Å². The molecule has 5 heteroatoms. The first-order valence-electron chi connectivity index (χ1n) is 7.27. The highest BCUT2D eigenvalue weighted by Gasteiger charge is 2.41. The molecule has 2 unspecified atom stereocenters. The average molecular weight is 267 g/mol. The van der Waals surface area contributed by atoms with Gasteiger partial charge < -0.3 is 15.1 Å². The quantitative estimate of drug-likeness (QED) is 0.797. The van der Waals surface area contributed by atoms with Gasteiger partial charge in [0, 0.05) is 25.6 Å². The third kappa shape index (κ3) is 2.91. The number of carbonyl (C=O) groups is 2. The fourth-order valence-corrected chi connectivity index (χ4v) is 3.05. The van der Waals surface area contributed by atoms with Gasteiger partial charge in [-0.05, 0) is 39.8 Å². The third-order valence-electron chi connectivity index (χ3n) is 4.48. The average Bonchev–Trinajstić information content (AvgIpc) is 2.48. The highest BCUT2D eigenvalue weighted by molar-refractivity contribution is 5.93. The smallest absolute Gasteiger partial charge is 0.248 e. The number of likely N-dealkylation sites (tertiary alicyclic amines) is 1. The second kappa shape index (κ2) is 5.49. The fourth-order valence-electron chi connectivity index (χ4n) is 3.05. The maximum Gasteiger partial charge on any atom is 0.248 e. The number of rotatable bonds is 2. The van der Waals surface area contributed by atoms with Gasteiger partial charge in [-0.15, -0.1) is 0 Å². The van der Waals surface area contributed by atoms with Crippen LogP contribution in [0.25, 0.3) is 0 Å². The summed E-state index contributed by atoms with van der Waals surface area (Å²) in [5, 5.41) is 2.89. The number of carbonyl (C=O) groups excluding carboxylic acids is 2. The molecule has 0 bridgehead atoms. The van der Waals surface area contributed by atoms with E-state index in [1.54, 1.807) is 0 Å². The van der Waals surface area contributed by atoms with E-state index in [0.717, 1.165) is 25.9 Å². The SMILES string of the molecule is CCC1(C)NC(=O)CCN(C2CCCN(C)C2)C1=O. The maximum atomic E-state index is 12.7. The van der Waals surface area contributed by atoms with Crippen molar-refractivity contribution in [2.24, 2.45) is 0 Å². The highest BCUT2D eigenvalue weighted by atomic mass is 16.2. The van der Waals surface area contributed by atoms with Gasteiger partial charge in [0.15, 0.2) is 0 Å². The summed E-state index contributed by atoms with van der Waals surface area (Å²) in [6.45, 7) is 6.37. The molecule has 0 aliphatic carbocycles. The van der Waals surface area contributed by atoms with Crippen LogP contribution in [0.3, 0.4) is 0 Å². The Kier molecular flexibility index (Phi) is 4.13. The highest BCUT2D eigenvalue weighted by Crippen LogP contribution is 2.23. The van der Waals surface area contributed by atoms with E-state index in [1.807, 2.05) is 18.7 Å². The van der Waals surface area contributed by atoms with Gasteiger partial charge in [0.05, 0.1) is 0 Å². The Morgan fingerprint density at radius 3 is 2.74 bits per heavy atom. The molecule has 0 spiro atoms. The van der Waals surface area contributed by atoms with Gasteiger partial charge in [0.1, 0.15) is 5.54 Å². The summed E-state index contributed by atoms with van der Waals surface area (Å²) in [5.41, 5.74) is -0.733. The van der Waals surface area contributed by atoms with E-state index in [4.69, 9.17) is 0 Å². The van der Waals surface area contributed by atoms with Crippen LogP contribution in [0.1, 0.15) is 39.5 Å². The summed E-state index contributed by atoms with van der Waals surface area (Å²) >= 11 is 0. The minimum Gasteiger partial charge on any atom is -0.342 e. The Labute approximate surface area is 115 Å². The molecule has 2 rings (SSSR count). The van der Waals surface area contributed by atoms with Crippen molar-refractivity contribution in [2.75, 3.05) is 26.7 Å². The second-order valence-corrected chi connectivity index (χ2v) is 6.04. The number of hydrogen-bond acceptors (Lipinski definition) is 3. The molecule has 5 nitrogen and oxygen atoms in total.